The lowest BCUT2D eigenvalue weighted by Crippen LogP contribution is -2.09. The van der Waals surface area contributed by atoms with Crippen LogP contribution in [0.2, 0.25) is 0 Å². The first kappa shape index (κ1) is 16.1. The Balaban J connectivity index is 1.90. The van der Waals surface area contributed by atoms with E-state index >= 15 is 0 Å². The molecule has 3 aromatic heterocycles. The molecule has 10 nitrogen and oxygen atoms in total. The summed E-state index contributed by atoms with van der Waals surface area (Å²) in [6, 6.07) is 6.50. The first-order chi connectivity index (χ1) is 12.0. The molecule has 0 saturated heterocycles. The predicted octanol–water partition coefficient (Wildman–Crippen LogP) is 0.924. The minimum Gasteiger partial charge on any atom is -0.504 e. The number of ketones is 1. The van der Waals surface area contributed by atoms with Gasteiger partial charge in [-0.25, -0.2) is 4.79 Å². The fraction of sp³-hybridized carbons (Fsp3) is 0.0667. The number of H-pyrrole nitrogens is 1. The van der Waals surface area contributed by atoms with Crippen molar-refractivity contribution in [2.24, 2.45) is 0 Å². The first-order valence-corrected chi connectivity index (χ1v) is 7.07. The number of carbonyl (C=O) groups excluding carboxylic acids is 1. The zero-order chi connectivity index (χ0) is 17.8. The van der Waals surface area contributed by atoms with Crippen molar-refractivity contribution in [3.63, 3.8) is 0 Å². The average molecular weight is 340 g/mol. The number of rotatable bonds is 6. The summed E-state index contributed by atoms with van der Waals surface area (Å²) in [4.78, 5) is 27.8. The second kappa shape index (κ2) is 6.74. The van der Waals surface area contributed by atoms with Gasteiger partial charge in [0.05, 0.1) is 12.2 Å². The quantitative estimate of drug-likeness (QED) is 0.341. The second-order valence-electron chi connectivity index (χ2n) is 5.00. The summed E-state index contributed by atoms with van der Waals surface area (Å²) in [7, 11) is 0. The van der Waals surface area contributed by atoms with Crippen LogP contribution in [0, 0.1) is 0 Å². The number of allylic oxidation sites excluding steroid dienone is 1. The lowest BCUT2D eigenvalue weighted by atomic mass is 10.2. The maximum absolute atomic E-state index is 12.2. The lowest BCUT2D eigenvalue weighted by molar-refractivity contribution is 0.0685. The molecular formula is C15H12N6O4. The summed E-state index contributed by atoms with van der Waals surface area (Å²) in [6.07, 6.45) is 3.88. The van der Waals surface area contributed by atoms with Crippen LogP contribution in [0.3, 0.4) is 0 Å². The molecule has 3 N–H and O–H groups in total. The summed E-state index contributed by atoms with van der Waals surface area (Å²) >= 11 is 0. The normalized spacial score (nSPS) is 11.4. The number of tetrazole rings is 1. The number of aromatic amines is 1. The van der Waals surface area contributed by atoms with E-state index < -0.39 is 17.5 Å². The van der Waals surface area contributed by atoms with Crippen molar-refractivity contribution in [1.82, 2.24) is 30.2 Å². The summed E-state index contributed by atoms with van der Waals surface area (Å²) in [5.41, 5.74) is 0.676. The number of aromatic carboxylic acids is 1. The Morgan fingerprint density at radius 1 is 1.28 bits per heavy atom. The Bertz CT molecular complexity index is 930. The predicted molar refractivity (Wildman–Crippen MR) is 83.8 cm³/mol. The molecule has 0 aliphatic rings. The van der Waals surface area contributed by atoms with Gasteiger partial charge in [-0.05, 0) is 23.4 Å². The van der Waals surface area contributed by atoms with Crippen molar-refractivity contribution >= 4 is 17.5 Å². The van der Waals surface area contributed by atoms with Crippen molar-refractivity contribution in [2.75, 3.05) is 0 Å². The monoisotopic (exact) mass is 340 g/mol. The topological polar surface area (TPSA) is 147 Å². The van der Waals surface area contributed by atoms with Gasteiger partial charge < -0.3 is 14.8 Å². The standard InChI is InChI=1S/C15H12N6O4/c22-12(6-13(23)14-17-19-20-18-14)9-5-11(15(24)25)21(7-9)8-10-3-1-2-4-16-10/h1-7,23H,8H2,(H,24,25)(H,17,18,19,20). The fourth-order valence-electron chi connectivity index (χ4n) is 2.16. The van der Waals surface area contributed by atoms with Crippen LogP contribution >= 0.6 is 0 Å². The van der Waals surface area contributed by atoms with E-state index in [1.807, 2.05) is 0 Å². The maximum atomic E-state index is 12.2. The maximum Gasteiger partial charge on any atom is 0.352 e. The van der Waals surface area contributed by atoms with Crippen LogP contribution in [0.5, 0.6) is 0 Å². The van der Waals surface area contributed by atoms with E-state index in [0.717, 1.165) is 6.08 Å². The molecule has 25 heavy (non-hydrogen) atoms. The third-order valence-corrected chi connectivity index (χ3v) is 3.30. The molecular weight excluding hydrogens is 328 g/mol. The van der Waals surface area contributed by atoms with Crippen LogP contribution in [-0.2, 0) is 6.54 Å². The van der Waals surface area contributed by atoms with Gasteiger partial charge in [-0.15, -0.1) is 10.2 Å². The van der Waals surface area contributed by atoms with Gasteiger partial charge in [-0.3, -0.25) is 9.78 Å². The highest BCUT2D eigenvalue weighted by Gasteiger charge is 2.17. The number of carbonyl (C=O) groups is 2. The molecule has 0 unspecified atom stereocenters. The van der Waals surface area contributed by atoms with Gasteiger partial charge in [0, 0.05) is 24.0 Å². The van der Waals surface area contributed by atoms with Gasteiger partial charge in [0.25, 0.3) is 0 Å². The molecule has 0 aliphatic carbocycles. The largest absolute Gasteiger partial charge is 0.504 e. The first-order valence-electron chi connectivity index (χ1n) is 7.07. The number of carboxylic acids is 1. The summed E-state index contributed by atoms with van der Waals surface area (Å²) < 4.78 is 1.40. The number of nitrogens with zero attached hydrogens (tertiary/aromatic N) is 5. The van der Waals surface area contributed by atoms with Crippen molar-refractivity contribution in [3.8, 4) is 0 Å². The molecule has 10 heteroatoms. The molecule has 0 saturated carbocycles. The number of pyridine rings is 1. The van der Waals surface area contributed by atoms with Crippen molar-refractivity contribution < 1.29 is 19.8 Å². The molecule has 0 aliphatic heterocycles. The van der Waals surface area contributed by atoms with Crippen LogP contribution in [0.25, 0.3) is 5.76 Å². The molecule has 3 aromatic rings. The molecule has 0 fully saturated rings. The number of hydrogen-bond acceptors (Lipinski definition) is 7. The zero-order valence-electron chi connectivity index (χ0n) is 12.7. The molecule has 0 bridgehead atoms. The van der Waals surface area contributed by atoms with Crippen molar-refractivity contribution in [1.29, 1.82) is 0 Å². The Hall–Kier alpha value is -3.82. The number of aliphatic hydroxyl groups excluding tert-OH is 1. The van der Waals surface area contributed by atoms with Crippen LogP contribution in [0.1, 0.15) is 32.4 Å². The minimum atomic E-state index is -1.18. The number of hydrogen-bond donors (Lipinski definition) is 3. The molecule has 3 rings (SSSR count). The van der Waals surface area contributed by atoms with Gasteiger partial charge in [-0.1, -0.05) is 6.07 Å². The lowest BCUT2D eigenvalue weighted by Gasteiger charge is -2.04. The Morgan fingerprint density at radius 3 is 2.76 bits per heavy atom. The van der Waals surface area contributed by atoms with Crippen molar-refractivity contribution in [3.05, 3.63) is 65.5 Å². The fourth-order valence-corrected chi connectivity index (χ4v) is 2.16. The molecule has 0 spiro atoms. The van der Waals surface area contributed by atoms with Gasteiger partial charge in [0.1, 0.15) is 5.69 Å². The molecule has 0 radical (unpaired) electrons. The highest BCUT2D eigenvalue weighted by molar-refractivity contribution is 6.08. The van der Waals surface area contributed by atoms with Crippen LogP contribution in [0.4, 0.5) is 0 Å². The van der Waals surface area contributed by atoms with E-state index in [0.29, 0.717) is 5.69 Å². The summed E-state index contributed by atoms with van der Waals surface area (Å²) in [5.74, 6) is -2.39. The highest BCUT2D eigenvalue weighted by Crippen LogP contribution is 2.14. The van der Waals surface area contributed by atoms with E-state index in [-0.39, 0.29) is 23.6 Å². The highest BCUT2D eigenvalue weighted by atomic mass is 16.4. The third kappa shape index (κ3) is 3.58. The van der Waals surface area contributed by atoms with E-state index in [2.05, 4.69) is 25.6 Å². The van der Waals surface area contributed by atoms with Gasteiger partial charge >= 0.3 is 5.97 Å². The smallest absolute Gasteiger partial charge is 0.352 e. The number of carboxylic acid groups (broad SMARTS) is 1. The zero-order valence-corrected chi connectivity index (χ0v) is 12.7. The van der Waals surface area contributed by atoms with E-state index in [4.69, 9.17) is 0 Å². The van der Waals surface area contributed by atoms with Gasteiger partial charge in [-0.2, -0.15) is 5.21 Å². The third-order valence-electron chi connectivity index (χ3n) is 3.30. The molecule has 0 atom stereocenters. The number of aromatic nitrogens is 6. The van der Waals surface area contributed by atoms with E-state index in [9.17, 15) is 19.8 Å². The van der Waals surface area contributed by atoms with Gasteiger partial charge in [0.15, 0.2) is 11.5 Å². The van der Waals surface area contributed by atoms with Crippen LogP contribution in [-0.4, -0.2) is 52.1 Å². The Kier molecular flexibility index (Phi) is 4.33. The van der Waals surface area contributed by atoms with E-state index in [1.54, 1.807) is 24.4 Å². The van der Waals surface area contributed by atoms with Crippen LogP contribution in [0.15, 0.2) is 42.7 Å². The minimum absolute atomic E-state index is 0.0681. The molecule has 0 amide bonds. The Labute approximate surface area is 140 Å². The number of nitrogens with one attached hydrogen (secondary N) is 1. The molecule has 0 aromatic carbocycles. The molecule has 126 valence electrons. The van der Waals surface area contributed by atoms with Crippen molar-refractivity contribution in [2.45, 2.75) is 6.54 Å². The SMILES string of the molecule is O=C(C=C(O)c1nn[nH]n1)c1cc(C(=O)O)n(Cc2ccccn2)c1. The average Bonchev–Trinajstić information content (AvgIpc) is 3.25. The van der Waals surface area contributed by atoms with E-state index in [1.165, 1.54) is 16.8 Å². The summed E-state index contributed by atoms with van der Waals surface area (Å²) in [6.45, 7) is 0.191. The Morgan fingerprint density at radius 2 is 2.12 bits per heavy atom. The number of aliphatic hydroxyl groups is 1. The van der Waals surface area contributed by atoms with Gasteiger partial charge in [0.2, 0.25) is 5.82 Å². The second-order valence-corrected chi connectivity index (χ2v) is 5.00. The molecule has 3 heterocycles. The van der Waals surface area contributed by atoms with Crippen LogP contribution < -0.4 is 0 Å². The summed E-state index contributed by atoms with van der Waals surface area (Å²) in [5, 5.41) is 31.6.